The minimum Gasteiger partial charge on any atom is -0.490 e. The van der Waals surface area contributed by atoms with Gasteiger partial charge in [0.1, 0.15) is 6.04 Å². The molecular formula is C17H24F2N2O4. The first-order valence-corrected chi connectivity index (χ1v) is 8.22. The summed E-state index contributed by atoms with van der Waals surface area (Å²) in [5.74, 6) is 0.122. The van der Waals surface area contributed by atoms with Gasteiger partial charge in [-0.1, -0.05) is 6.07 Å². The van der Waals surface area contributed by atoms with Crippen LogP contribution in [0.5, 0.6) is 11.5 Å². The number of morpholine rings is 1. The lowest BCUT2D eigenvalue weighted by molar-refractivity contribution is -0.138. The number of carbonyl (C=O) groups is 1. The highest BCUT2D eigenvalue weighted by atomic mass is 19.3. The summed E-state index contributed by atoms with van der Waals surface area (Å²) < 4.78 is 40.2. The van der Waals surface area contributed by atoms with E-state index in [0.717, 1.165) is 5.56 Å². The summed E-state index contributed by atoms with van der Waals surface area (Å²) in [5.41, 5.74) is 0.755. The standard InChI is InChI=1S/C17H24F2N2O4/c1-4-23-14-9-12(5-6-13(14)25-17(18)19)10-21(3)16(22)15-11(2)24-8-7-20-15/h5-6,9,11,15,17,20H,4,7-8,10H2,1-3H3/t11-,15+/m1/s1. The molecule has 0 bridgehead atoms. The molecule has 1 N–H and O–H groups in total. The molecule has 1 aliphatic rings. The zero-order chi connectivity index (χ0) is 18.4. The van der Waals surface area contributed by atoms with Crippen LogP contribution in [-0.4, -0.2) is 56.4 Å². The molecule has 8 heteroatoms. The molecule has 1 fully saturated rings. The van der Waals surface area contributed by atoms with E-state index in [9.17, 15) is 13.6 Å². The van der Waals surface area contributed by atoms with Crippen LogP contribution in [0.15, 0.2) is 18.2 Å². The molecule has 1 heterocycles. The maximum atomic E-state index is 12.6. The van der Waals surface area contributed by atoms with E-state index in [4.69, 9.17) is 9.47 Å². The summed E-state index contributed by atoms with van der Waals surface area (Å²) >= 11 is 0. The first kappa shape index (κ1) is 19.4. The monoisotopic (exact) mass is 358 g/mol. The maximum Gasteiger partial charge on any atom is 0.387 e. The molecule has 1 aromatic carbocycles. The zero-order valence-corrected chi connectivity index (χ0v) is 14.6. The highest BCUT2D eigenvalue weighted by Gasteiger charge is 2.30. The highest BCUT2D eigenvalue weighted by Crippen LogP contribution is 2.30. The van der Waals surface area contributed by atoms with Crippen LogP contribution < -0.4 is 14.8 Å². The Morgan fingerprint density at radius 1 is 1.44 bits per heavy atom. The van der Waals surface area contributed by atoms with Gasteiger partial charge in [0.15, 0.2) is 11.5 Å². The van der Waals surface area contributed by atoms with Crippen LogP contribution in [0.1, 0.15) is 19.4 Å². The van der Waals surface area contributed by atoms with Gasteiger partial charge in [0.2, 0.25) is 5.91 Å². The smallest absolute Gasteiger partial charge is 0.387 e. The number of benzene rings is 1. The number of likely N-dealkylation sites (N-methyl/N-ethyl adjacent to an activating group) is 1. The Morgan fingerprint density at radius 2 is 2.20 bits per heavy atom. The Hall–Kier alpha value is -1.93. The zero-order valence-electron chi connectivity index (χ0n) is 14.6. The number of halogens is 2. The van der Waals surface area contributed by atoms with Crippen molar-refractivity contribution in [2.75, 3.05) is 26.8 Å². The molecule has 1 amide bonds. The van der Waals surface area contributed by atoms with Crippen LogP contribution in [0.3, 0.4) is 0 Å². The summed E-state index contributed by atoms with van der Waals surface area (Å²) in [6.45, 7) is 2.53. The molecule has 0 unspecified atom stereocenters. The molecule has 0 saturated carbocycles. The van der Waals surface area contributed by atoms with Gasteiger partial charge in [0, 0.05) is 20.1 Å². The Morgan fingerprint density at radius 3 is 2.84 bits per heavy atom. The Kier molecular flexibility index (Phi) is 6.95. The van der Waals surface area contributed by atoms with Crippen molar-refractivity contribution in [1.29, 1.82) is 0 Å². The number of nitrogens with zero attached hydrogens (tertiary/aromatic N) is 1. The SMILES string of the molecule is CCOc1cc(CN(C)C(=O)[C@H]2NCCO[C@@H]2C)ccc1OC(F)F. The third kappa shape index (κ3) is 5.27. The molecule has 0 spiro atoms. The van der Waals surface area contributed by atoms with Gasteiger partial charge in [0.25, 0.3) is 0 Å². The van der Waals surface area contributed by atoms with Crippen LogP contribution in [0.2, 0.25) is 0 Å². The van der Waals surface area contributed by atoms with Gasteiger partial charge in [-0.25, -0.2) is 0 Å². The summed E-state index contributed by atoms with van der Waals surface area (Å²) in [5, 5.41) is 3.15. The molecule has 0 aliphatic carbocycles. The summed E-state index contributed by atoms with van der Waals surface area (Å²) in [7, 11) is 1.69. The second kappa shape index (κ2) is 8.96. The van der Waals surface area contributed by atoms with Gasteiger partial charge in [0.05, 0.1) is 19.3 Å². The normalized spacial score (nSPS) is 20.4. The fourth-order valence-corrected chi connectivity index (χ4v) is 2.71. The van der Waals surface area contributed by atoms with Gasteiger partial charge in [-0.2, -0.15) is 8.78 Å². The van der Waals surface area contributed by atoms with Crippen molar-refractivity contribution in [3.05, 3.63) is 23.8 Å². The molecule has 1 aliphatic heterocycles. The average Bonchev–Trinajstić information content (AvgIpc) is 2.57. The van der Waals surface area contributed by atoms with Crippen molar-refractivity contribution in [3.63, 3.8) is 0 Å². The number of nitrogens with one attached hydrogen (secondary N) is 1. The lowest BCUT2D eigenvalue weighted by atomic mass is 10.1. The van der Waals surface area contributed by atoms with E-state index >= 15 is 0 Å². The predicted octanol–water partition coefficient (Wildman–Crippen LogP) is 2.02. The van der Waals surface area contributed by atoms with Gasteiger partial charge in [-0.05, 0) is 31.5 Å². The molecule has 0 radical (unpaired) electrons. The molecule has 1 saturated heterocycles. The van der Waals surface area contributed by atoms with Crippen molar-refractivity contribution < 1.29 is 27.8 Å². The van der Waals surface area contributed by atoms with Gasteiger partial charge < -0.3 is 24.4 Å². The Labute approximate surface area is 146 Å². The lowest BCUT2D eigenvalue weighted by Crippen LogP contribution is -2.55. The second-order valence-corrected chi connectivity index (χ2v) is 5.79. The minimum absolute atomic E-state index is 0.0226. The van der Waals surface area contributed by atoms with Gasteiger partial charge in [-0.3, -0.25) is 4.79 Å². The second-order valence-electron chi connectivity index (χ2n) is 5.79. The average molecular weight is 358 g/mol. The topological polar surface area (TPSA) is 60.0 Å². The van der Waals surface area contributed by atoms with Crippen molar-refractivity contribution in [1.82, 2.24) is 10.2 Å². The summed E-state index contributed by atoms with van der Waals surface area (Å²) in [6, 6.07) is 4.28. The van der Waals surface area contributed by atoms with Crippen molar-refractivity contribution >= 4 is 5.91 Å². The molecular weight excluding hydrogens is 334 g/mol. The van der Waals surface area contributed by atoms with Crippen LogP contribution in [0, 0.1) is 0 Å². The van der Waals surface area contributed by atoms with Crippen molar-refractivity contribution in [2.45, 2.75) is 39.1 Å². The highest BCUT2D eigenvalue weighted by molar-refractivity contribution is 5.82. The van der Waals surface area contributed by atoms with E-state index in [2.05, 4.69) is 10.1 Å². The predicted molar refractivity (Wildman–Crippen MR) is 87.9 cm³/mol. The van der Waals surface area contributed by atoms with Crippen LogP contribution in [0.25, 0.3) is 0 Å². The van der Waals surface area contributed by atoms with Crippen LogP contribution >= 0.6 is 0 Å². The minimum atomic E-state index is -2.92. The van der Waals surface area contributed by atoms with Crippen LogP contribution in [-0.2, 0) is 16.1 Å². The summed E-state index contributed by atoms with van der Waals surface area (Å²) in [6.07, 6.45) is -0.204. The Balaban J connectivity index is 2.07. The number of carbonyl (C=O) groups excluding carboxylic acids is 1. The molecule has 2 atom stereocenters. The van der Waals surface area contributed by atoms with Gasteiger partial charge in [-0.15, -0.1) is 0 Å². The van der Waals surface area contributed by atoms with E-state index < -0.39 is 12.7 Å². The first-order chi connectivity index (χ1) is 11.9. The number of hydrogen-bond donors (Lipinski definition) is 1. The number of alkyl halides is 2. The fourth-order valence-electron chi connectivity index (χ4n) is 2.71. The summed E-state index contributed by atoms with van der Waals surface area (Å²) in [4.78, 5) is 14.1. The van der Waals surface area contributed by atoms with Crippen molar-refractivity contribution in [3.8, 4) is 11.5 Å². The van der Waals surface area contributed by atoms with E-state index in [1.165, 1.54) is 6.07 Å². The number of ether oxygens (including phenoxy) is 3. The van der Waals surface area contributed by atoms with E-state index in [1.54, 1.807) is 31.0 Å². The first-order valence-electron chi connectivity index (χ1n) is 8.22. The number of rotatable bonds is 7. The quantitative estimate of drug-likeness (QED) is 0.808. The molecule has 25 heavy (non-hydrogen) atoms. The van der Waals surface area contributed by atoms with Crippen LogP contribution in [0.4, 0.5) is 8.78 Å². The number of amides is 1. The van der Waals surface area contributed by atoms with E-state index in [0.29, 0.717) is 26.3 Å². The number of hydrogen-bond acceptors (Lipinski definition) is 5. The Bertz CT molecular complexity index is 586. The van der Waals surface area contributed by atoms with Crippen molar-refractivity contribution in [2.24, 2.45) is 0 Å². The van der Waals surface area contributed by atoms with E-state index in [1.807, 2.05) is 6.92 Å². The third-order valence-electron chi connectivity index (χ3n) is 3.90. The van der Waals surface area contributed by atoms with Gasteiger partial charge >= 0.3 is 6.61 Å². The molecule has 0 aromatic heterocycles. The van der Waals surface area contributed by atoms with E-state index in [-0.39, 0.29) is 23.5 Å². The molecule has 1 aromatic rings. The molecule has 2 rings (SSSR count). The largest absolute Gasteiger partial charge is 0.490 e. The lowest BCUT2D eigenvalue weighted by Gasteiger charge is -2.32. The fraction of sp³-hybridized carbons (Fsp3) is 0.588. The maximum absolute atomic E-state index is 12.6. The molecule has 6 nitrogen and oxygen atoms in total. The third-order valence-corrected chi connectivity index (χ3v) is 3.90. The molecule has 140 valence electrons.